The number of rotatable bonds is 6. The Labute approximate surface area is 171 Å². The van der Waals surface area contributed by atoms with Crippen molar-refractivity contribution in [2.45, 2.75) is 5.57 Å². The molecule has 0 aromatic heterocycles. The number of carbonyl (C=O) groups is 1. The van der Waals surface area contributed by atoms with Gasteiger partial charge in [-0.05, 0) is 48.5 Å². The summed E-state index contributed by atoms with van der Waals surface area (Å²) in [5.74, 6) is -0.215. The molecule has 0 radical (unpaired) electrons. The average Bonchev–Trinajstić information content (AvgIpc) is 2.63. The van der Waals surface area contributed by atoms with Crippen LogP contribution in [-0.2, 0) is 4.79 Å². The smallest absolute Gasteiger partial charge is 0.420 e. The van der Waals surface area contributed by atoms with Gasteiger partial charge in [-0.15, -0.1) is 8.78 Å². The molecule has 1 fully saturated rings. The number of benzene rings is 2. The molecule has 9 heteroatoms. The Hall–Kier alpha value is -2.09. The molecule has 0 atom stereocenters. The maximum atomic E-state index is 12.6. The van der Waals surface area contributed by atoms with Gasteiger partial charge in [0.2, 0.25) is 0 Å². The lowest BCUT2D eigenvalue weighted by Gasteiger charge is -2.33. The quantitative estimate of drug-likeness (QED) is 0.692. The van der Waals surface area contributed by atoms with Gasteiger partial charge < -0.3 is 19.9 Å². The first-order chi connectivity index (χ1) is 13.3. The number of ether oxygens (including phenoxy) is 1. The first kappa shape index (κ1) is 20.6. The van der Waals surface area contributed by atoms with Crippen LogP contribution in [0.2, 0.25) is 5.02 Å². The van der Waals surface area contributed by atoms with E-state index in [2.05, 4.69) is 15.0 Å². The minimum absolute atomic E-state index is 0.0815. The van der Waals surface area contributed by atoms with Crippen LogP contribution in [0.1, 0.15) is 0 Å². The molecule has 2 aromatic carbocycles. The van der Waals surface area contributed by atoms with E-state index in [9.17, 15) is 13.6 Å². The van der Waals surface area contributed by atoms with Crippen molar-refractivity contribution in [1.29, 1.82) is 0 Å². The normalized spacial score (nSPS) is 15.4. The van der Waals surface area contributed by atoms with Crippen LogP contribution >= 0.6 is 23.2 Å². The van der Waals surface area contributed by atoms with Crippen molar-refractivity contribution in [3.63, 3.8) is 0 Å². The van der Waals surface area contributed by atoms with E-state index in [-0.39, 0.29) is 11.7 Å². The summed E-state index contributed by atoms with van der Waals surface area (Å²) in [6.07, 6.45) is 0. The predicted molar refractivity (Wildman–Crippen MR) is 106 cm³/mol. The molecule has 150 valence electrons. The highest BCUT2D eigenvalue weighted by molar-refractivity contribution is 6.30. The summed E-state index contributed by atoms with van der Waals surface area (Å²) in [6, 6.07) is 13.4. The van der Waals surface area contributed by atoms with Gasteiger partial charge in [0.25, 0.3) is 5.91 Å². The van der Waals surface area contributed by atoms with Gasteiger partial charge in [-0.25, -0.2) is 0 Å². The van der Waals surface area contributed by atoms with Gasteiger partial charge >= 0.3 is 5.57 Å². The number of hydrogen-bond donors (Lipinski definition) is 2. The van der Waals surface area contributed by atoms with Crippen LogP contribution in [-0.4, -0.2) is 44.2 Å². The van der Waals surface area contributed by atoms with Gasteiger partial charge in [0.15, 0.2) is 6.54 Å². The van der Waals surface area contributed by atoms with E-state index < -0.39 is 5.57 Å². The SMILES string of the molecule is O=C(C[NH+]1CCN(c2ccc(Cl)cc2)CC1)Nc1ccc(OC(F)(F)Cl)cc1. The van der Waals surface area contributed by atoms with Crippen LogP contribution in [0.3, 0.4) is 0 Å². The number of hydrogen-bond acceptors (Lipinski definition) is 3. The summed E-state index contributed by atoms with van der Waals surface area (Å²) in [4.78, 5) is 15.7. The maximum Gasteiger partial charge on any atom is 0.487 e. The van der Waals surface area contributed by atoms with Crippen molar-refractivity contribution >= 4 is 40.5 Å². The fourth-order valence-corrected chi connectivity index (χ4v) is 3.30. The van der Waals surface area contributed by atoms with Gasteiger partial charge in [-0.3, -0.25) is 4.79 Å². The molecule has 1 heterocycles. The predicted octanol–water partition coefficient (Wildman–Crippen LogP) is 2.85. The van der Waals surface area contributed by atoms with Crippen LogP contribution in [0.4, 0.5) is 20.2 Å². The van der Waals surface area contributed by atoms with Crippen molar-refractivity contribution in [3.8, 4) is 5.75 Å². The van der Waals surface area contributed by atoms with Crippen molar-refractivity contribution in [2.75, 3.05) is 42.9 Å². The van der Waals surface area contributed by atoms with Crippen molar-refractivity contribution in [1.82, 2.24) is 0 Å². The molecule has 1 aliphatic rings. The van der Waals surface area contributed by atoms with Gasteiger partial charge in [-0.1, -0.05) is 11.6 Å². The standard InChI is InChI=1S/C19H19Cl2F2N3O2/c20-14-1-5-16(6-2-14)26-11-9-25(10-12-26)13-18(27)24-15-3-7-17(8-4-15)28-19(21,22)23/h1-8H,9-13H2,(H,24,27)/p+1. The van der Waals surface area contributed by atoms with E-state index in [0.717, 1.165) is 31.9 Å². The lowest BCUT2D eigenvalue weighted by atomic mass is 10.2. The van der Waals surface area contributed by atoms with Gasteiger partial charge in [0.05, 0.1) is 26.2 Å². The van der Waals surface area contributed by atoms with E-state index in [0.29, 0.717) is 17.3 Å². The zero-order valence-corrected chi connectivity index (χ0v) is 16.4. The lowest BCUT2D eigenvalue weighted by Crippen LogP contribution is -3.15. The third-order valence-electron chi connectivity index (χ3n) is 4.44. The van der Waals surface area contributed by atoms with Crippen molar-refractivity contribution in [2.24, 2.45) is 0 Å². The third-order valence-corrected chi connectivity index (χ3v) is 4.77. The number of piperazine rings is 1. The minimum Gasteiger partial charge on any atom is -0.420 e. The first-order valence-corrected chi connectivity index (χ1v) is 9.54. The molecule has 0 spiro atoms. The van der Waals surface area contributed by atoms with E-state index in [1.54, 1.807) is 0 Å². The van der Waals surface area contributed by atoms with E-state index in [4.69, 9.17) is 23.2 Å². The number of anilines is 2. The third kappa shape index (κ3) is 6.22. The number of amides is 1. The fraction of sp³-hybridized carbons (Fsp3) is 0.316. The molecule has 3 rings (SSSR count). The Bertz CT molecular complexity index is 790. The van der Waals surface area contributed by atoms with E-state index >= 15 is 0 Å². The van der Waals surface area contributed by atoms with E-state index in [1.807, 2.05) is 24.3 Å². The number of carbonyl (C=O) groups excluding carboxylic acids is 1. The average molecular weight is 431 g/mol. The molecule has 1 saturated heterocycles. The number of halogens is 4. The summed E-state index contributed by atoms with van der Waals surface area (Å²) in [7, 11) is 0. The summed E-state index contributed by atoms with van der Waals surface area (Å²) in [6.45, 7) is 3.72. The zero-order valence-electron chi connectivity index (χ0n) is 14.9. The van der Waals surface area contributed by atoms with Crippen molar-refractivity contribution in [3.05, 3.63) is 53.6 Å². The fourth-order valence-electron chi connectivity index (χ4n) is 3.08. The molecule has 2 N–H and O–H groups in total. The molecule has 0 unspecified atom stereocenters. The Kier molecular flexibility index (Phi) is 6.59. The molecule has 0 aliphatic carbocycles. The van der Waals surface area contributed by atoms with Crippen LogP contribution in [0.25, 0.3) is 0 Å². The molecule has 1 aliphatic heterocycles. The lowest BCUT2D eigenvalue weighted by molar-refractivity contribution is -0.892. The molecule has 0 saturated carbocycles. The zero-order chi connectivity index (χ0) is 20.1. The Balaban J connectivity index is 1.45. The Morgan fingerprint density at radius 2 is 1.71 bits per heavy atom. The number of quaternary nitrogens is 1. The van der Waals surface area contributed by atoms with Crippen LogP contribution in [0.5, 0.6) is 5.75 Å². The number of alkyl halides is 3. The van der Waals surface area contributed by atoms with E-state index in [1.165, 1.54) is 29.2 Å². The summed E-state index contributed by atoms with van der Waals surface area (Å²) in [5.41, 5.74) is -2.13. The highest BCUT2D eigenvalue weighted by atomic mass is 35.5. The first-order valence-electron chi connectivity index (χ1n) is 8.78. The Morgan fingerprint density at radius 1 is 1.11 bits per heavy atom. The topological polar surface area (TPSA) is 46.0 Å². The second-order valence-corrected chi connectivity index (χ2v) is 7.39. The molecular formula is C19H20Cl2F2N3O2+. The minimum atomic E-state index is -3.76. The molecule has 0 bridgehead atoms. The maximum absolute atomic E-state index is 12.6. The summed E-state index contributed by atoms with van der Waals surface area (Å²) in [5, 5.41) is 3.47. The molecule has 1 amide bonds. The van der Waals surface area contributed by atoms with Crippen LogP contribution in [0, 0.1) is 0 Å². The Morgan fingerprint density at radius 3 is 2.29 bits per heavy atom. The van der Waals surface area contributed by atoms with Gasteiger partial charge in [0, 0.05) is 28.0 Å². The van der Waals surface area contributed by atoms with Crippen molar-refractivity contribution < 1.29 is 23.2 Å². The van der Waals surface area contributed by atoms with Gasteiger partial charge in [-0.2, -0.15) is 0 Å². The summed E-state index contributed by atoms with van der Waals surface area (Å²) < 4.78 is 29.4. The molecule has 2 aromatic rings. The highest BCUT2D eigenvalue weighted by Crippen LogP contribution is 2.25. The molecular weight excluding hydrogens is 411 g/mol. The van der Waals surface area contributed by atoms with Crippen LogP contribution in [0.15, 0.2) is 48.5 Å². The highest BCUT2D eigenvalue weighted by Gasteiger charge is 2.27. The largest absolute Gasteiger partial charge is 0.487 e. The monoisotopic (exact) mass is 430 g/mol. The summed E-state index contributed by atoms with van der Waals surface area (Å²) >= 11 is 10.6. The molecule has 28 heavy (non-hydrogen) atoms. The number of nitrogens with zero attached hydrogens (tertiary/aromatic N) is 1. The van der Waals surface area contributed by atoms with Gasteiger partial charge in [0.1, 0.15) is 5.75 Å². The second-order valence-electron chi connectivity index (χ2n) is 6.51. The number of nitrogens with one attached hydrogen (secondary N) is 2. The van der Waals surface area contributed by atoms with Crippen LogP contribution < -0.4 is 19.9 Å². The molecule has 5 nitrogen and oxygen atoms in total. The second kappa shape index (κ2) is 8.94.